The molecule has 0 saturated heterocycles. The van der Waals surface area contributed by atoms with Gasteiger partial charge in [-0.3, -0.25) is 9.59 Å². The van der Waals surface area contributed by atoms with Crippen molar-refractivity contribution in [3.8, 4) is 0 Å². The van der Waals surface area contributed by atoms with E-state index in [1.54, 1.807) is 38.3 Å². The fourth-order valence-electron chi connectivity index (χ4n) is 1.94. The number of aryl methyl sites for hydroxylation is 1. The van der Waals surface area contributed by atoms with Crippen molar-refractivity contribution in [2.75, 3.05) is 0 Å². The number of rotatable bonds is 6. The molecule has 0 aliphatic carbocycles. The maximum Gasteiger partial charge on any atom is 0.347 e. The highest BCUT2D eigenvalue weighted by atomic mass is 32.1. The number of aromatic carboxylic acids is 1. The zero-order chi connectivity index (χ0) is 17.9. The van der Waals surface area contributed by atoms with Crippen LogP contribution in [0.4, 0.5) is 0 Å². The Morgan fingerprint density at radius 3 is 2.50 bits per heavy atom. The summed E-state index contributed by atoms with van der Waals surface area (Å²) in [7, 11) is 0. The van der Waals surface area contributed by atoms with Crippen LogP contribution in [0.1, 0.15) is 49.9 Å². The number of thiophene rings is 1. The molecule has 0 saturated carbocycles. The van der Waals surface area contributed by atoms with Gasteiger partial charge in [0.15, 0.2) is 0 Å². The first-order chi connectivity index (χ1) is 11.3. The Labute approximate surface area is 146 Å². The quantitative estimate of drug-likeness (QED) is 0.725. The van der Waals surface area contributed by atoms with Crippen molar-refractivity contribution in [1.82, 2.24) is 15.6 Å². The Morgan fingerprint density at radius 2 is 1.96 bits per heavy atom. The third-order valence-corrected chi connectivity index (χ3v) is 5.42. The molecule has 0 aromatic carbocycles. The molecule has 128 valence electrons. The largest absolute Gasteiger partial charge is 0.477 e. The monoisotopic (exact) mass is 367 g/mol. The lowest BCUT2D eigenvalue weighted by atomic mass is 10.2. The van der Waals surface area contributed by atoms with Gasteiger partial charge in [-0.05, 0) is 32.2 Å². The van der Waals surface area contributed by atoms with Gasteiger partial charge in [-0.2, -0.15) is 0 Å². The Hall–Kier alpha value is -2.26. The molecule has 0 bridgehead atoms. The number of aromatic nitrogens is 1. The molecule has 0 aliphatic rings. The normalized spacial score (nSPS) is 13.1. The number of nitrogens with one attached hydrogen (secondary N) is 2. The van der Waals surface area contributed by atoms with Gasteiger partial charge in [0.05, 0.1) is 16.6 Å². The molecular formula is C15H17N3O4S2. The van der Waals surface area contributed by atoms with E-state index < -0.39 is 18.1 Å². The van der Waals surface area contributed by atoms with Crippen molar-refractivity contribution in [1.29, 1.82) is 0 Å². The minimum absolute atomic E-state index is 0.158. The third-order valence-electron chi connectivity index (χ3n) is 3.22. The predicted octanol–water partition coefficient (Wildman–Crippen LogP) is 2.21. The Balaban J connectivity index is 1.96. The van der Waals surface area contributed by atoms with Crippen LogP contribution in [-0.2, 0) is 4.79 Å². The van der Waals surface area contributed by atoms with E-state index in [-0.39, 0.29) is 16.7 Å². The molecule has 9 heteroatoms. The van der Waals surface area contributed by atoms with Gasteiger partial charge < -0.3 is 15.7 Å². The highest BCUT2D eigenvalue weighted by Crippen LogP contribution is 2.23. The number of thiazole rings is 1. The molecule has 2 unspecified atom stereocenters. The maximum atomic E-state index is 12.2. The van der Waals surface area contributed by atoms with E-state index in [2.05, 4.69) is 15.6 Å². The van der Waals surface area contributed by atoms with E-state index >= 15 is 0 Å². The predicted molar refractivity (Wildman–Crippen MR) is 91.6 cm³/mol. The van der Waals surface area contributed by atoms with Crippen molar-refractivity contribution in [2.24, 2.45) is 0 Å². The van der Waals surface area contributed by atoms with Crippen LogP contribution in [0.2, 0.25) is 0 Å². The average Bonchev–Trinajstić information content (AvgIpc) is 3.16. The van der Waals surface area contributed by atoms with Crippen molar-refractivity contribution in [2.45, 2.75) is 32.9 Å². The van der Waals surface area contributed by atoms with Crippen LogP contribution in [-0.4, -0.2) is 33.9 Å². The van der Waals surface area contributed by atoms with Gasteiger partial charge >= 0.3 is 5.97 Å². The van der Waals surface area contributed by atoms with Crippen LogP contribution in [0.15, 0.2) is 17.5 Å². The lowest BCUT2D eigenvalue weighted by Gasteiger charge is -2.16. The highest BCUT2D eigenvalue weighted by Gasteiger charge is 2.22. The van der Waals surface area contributed by atoms with Crippen LogP contribution < -0.4 is 10.6 Å². The molecule has 0 fully saturated rings. The van der Waals surface area contributed by atoms with Crippen molar-refractivity contribution < 1.29 is 19.5 Å². The maximum absolute atomic E-state index is 12.2. The lowest BCUT2D eigenvalue weighted by Crippen LogP contribution is -2.45. The molecule has 2 heterocycles. The third kappa shape index (κ3) is 4.18. The number of hydrogen-bond acceptors (Lipinski definition) is 6. The van der Waals surface area contributed by atoms with E-state index in [0.29, 0.717) is 15.6 Å². The minimum atomic E-state index is -1.04. The number of carbonyl (C=O) groups excluding carboxylic acids is 2. The summed E-state index contributed by atoms with van der Waals surface area (Å²) in [5.74, 6) is -1.71. The molecule has 2 aromatic rings. The summed E-state index contributed by atoms with van der Waals surface area (Å²) < 4.78 is 0. The van der Waals surface area contributed by atoms with Gasteiger partial charge in [0.1, 0.15) is 15.9 Å². The van der Waals surface area contributed by atoms with E-state index in [1.165, 1.54) is 11.3 Å². The lowest BCUT2D eigenvalue weighted by molar-refractivity contribution is -0.123. The first kappa shape index (κ1) is 18.1. The Kier molecular flexibility index (Phi) is 5.68. The number of carboxylic acid groups (broad SMARTS) is 1. The van der Waals surface area contributed by atoms with Gasteiger partial charge in [0.25, 0.3) is 5.91 Å². The molecule has 0 aliphatic heterocycles. The van der Waals surface area contributed by atoms with Crippen LogP contribution >= 0.6 is 22.7 Å². The van der Waals surface area contributed by atoms with E-state index in [9.17, 15) is 14.4 Å². The number of carboxylic acids is 1. The van der Waals surface area contributed by atoms with Crippen LogP contribution in [0.25, 0.3) is 0 Å². The summed E-state index contributed by atoms with van der Waals surface area (Å²) in [5.41, 5.74) is 0.419. The van der Waals surface area contributed by atoms with Gasteiger partial charge in [0.2, 0.25) is 5.91 Å². The number of amides is 2. The Morgan fingerprint density at radius 1 is 1.25 bits per heavy atom. The van der Waals surface area contributed by atoms with Gasteiger partial charge in [-0.25, -0.2) is 9.78 Å². The topological polar surface area (TPSA) is 108 Å². The summed E-state index contributed by atoms with van der Waals surface area (Å²) in [6, 6.07) is 2.27. The first-order valence-corrected chi connectivity index (χ1v) is 8.84. The van der Waals surface area contributed by atoms with Crippen molar-refractivity contribution >= 4 is 40.5 Å². The van der Waals surface area contributed by atoms with E-state index in [1.807, 2.05) is 0 Å². The summed E-state index contributed by atoms with van der Waals surface area (Å²) in [4.78, 5) is 40.1. The molecule has 24 heavy (non-hydrogen) atoms. The molecule has 2 atom stereocenters. The molecule has 7 nitrogen and oxygen atoms in total. The second kappa shape index (κ2) is 7.54. The minimum Gasteiger partial charge on any atom is -0.477 e. The molecule has 2 amide bonds. The second-order valence-corrected chi connectivity index (χ2v) is 7.15. The molecule has 2 aromatic heterocycles. The van der Waals surface area contributed by atoms with E-state index in [4.69, 9.17) is 5.11 Å². The summed E-state index contributed by atoms with van der Waals surface area (Å²) in [6.07, 6.45) is 0. The van der Waals surface area contributed by atoms with Gasteiger partial charge in [-0.15, -0.1) is 22.7 Å². The highest BCUT2D eigenvalue weighted by molar-refractivity contribution is 7.13. The zero-order valence-electron chi connectivity index (χ0n) is 13.3. The smallest absolute Gasteiger partial charge is 0.347 e. The van der Waals surface area contributed by atoms with E-state index in [0.717, 1.165) is 11.3 Å². The van der Waals surface area contributed by atoms with Crippen molar-refractivity contribution in [3.63, 3.8) is 0 Å². The van der Waals surface area contributed by atoms with Crippen LogP contribution in [0.3, 0.4) is 0 Å². The average molecular weight is 367 g/mol. The Bertz CT molecular complexity index is 755. The molecule has 0 spiro atoms. The summed E-state index contributed by atoms with van der Waals surface area (Å²) in [5, 5.41) is 16.7. The number of carbonyl (C=O) groups is 3. The van der Waals surface area contributed by atoms with Crippen LogP contribution in [0.5, 0.6) is 0 Å². The molecule has 3 N–H and O–H groups in total. The fraction of sp³-hybridized carbons (Fsp3) is 0.333. The standard InChI is InChI=1S/C15H17N3O4S2/c1-7-11(15(21)22)24-14(18-7)9(3)17-12(19)8(2)16-13(20)10-5-4-6-23-10/h4-6,8-9H,1-3H3,(H,16,20)(H,17,19)(H,21,22). The van der Waals surface area contributed by atoms with Crippen LogP contribution in [0, 0.1) is 6.92 Å². The second-order valence-electron chi connectivity index (χ2n) is 5.17. The molecular weight excluding hydrogens is 350 g/mol. The molecule has 2 rings (SSSR count). The van der Waals surface area contributed by atoms with Crippen molar-refractivity contribution in [3.05, 3.63) is 38.0 Å². The van der Waals surface area contributed by atoms with Gasteiger partial charge in [-0.1, -0.05) is 6.07 Å². The SMILES string of the molecule is Cc1nc(C(C)NC(=O)C(C)NC(=O)c2cccs2)sc1C(=O)O. The fourth-order valence-corrected chi connectivity index (χ4v) is 3.48. The number of nitrogens with zero attached hydrogens (tertiary/aromatic N) is 1. The number of hydrogen-bond donors (Lipinski definition) is 3. The summed E-state index contributed by atoms with van der Waals surface area (Å²) in [6.45, 7) is 4.92. The zero-order valence-corrected chi connectivity index (χ0v) is 15.0. The first-order valence-electron chi connectivity index (χ1n) is 7.15. The summed E-state index contributed by atoms with van der Waals surface area (Å²) >= 11 is 2.33. The molecule has 0 radical (unpaired) electrons. The van der Waals surface area contributed by atoms with Gasteiger partial charge in [0, 0.05) is 0 Å².